The van der Waals surface area contributed by atoms with Gasteiger partial charge in [0.15, 0.2) is 6.10 Å². The fourth-order valence-corrected chi connectivity index (χ4v) is 2.09. The topological polar surface area (TPSA) is 46.2 Å². The van der Waals surface area contributed by atoms with Crippen LogP contribution in [0.3, 0.4) is 0 Å². The molecule has 0 aromatic heterocycles. The number of nitrogens with two attached hydrogens (primary N) is 1. The molecule has 0 bridgehead atoms. The van der Waals surface area contributed by atoms with Crippen molar-refractivity contribution in [1.82, 2.24) is 0 Å². The minimum absolute atomic E-state index is 0.147. The lowest BCUT2D eigenvalue weighted by Gasteiger charge is -2.22. The first-order valence-corrected chi connectivity index (χ1v) is 5.36. The van der Waals surface area contributed by atoms with E-state index in [-0.39, 0.29) is 5.56 Å². The Morgan fingerprint density at radius 1 is 1.38 bits per heavy atom. The van der Waals surface area contributed by atoms with E-state index in [2.05, 4.69) is 15.9 Å². The van der Waals surface area contributed by atoms with Crippen LogP contribution in [0.15, 0.2) is 22.7 Å². The molecule has 1 aromatic carbocycles. The Bertz CT molecular complexity index is 386. The maximum absolute atomic E-state index is 12.2. The van der Waals surface area contributed by atoms with Crippen molar-refractivity contribution < 1.29 is 18.3 Å². The van der Waals surface area contributed by atoms with Crippen LogP contribution in [-0.2, 0) is 0 Å². The number of hydrogen-bond donors (Lipinski definition) is 2. The van der Waals surface area contributed by atoms with Crippen LogP contribution in [0.2, 0.25) is 5.02 Å². The smallest absolute Gasteiger partial charge is 0.382 e. The van der Waals surface area contributed by atoms with Gasteiger partial charge in [-0.2, -0.15) is 13.2 Å². The van der Waals surface area contributed by atoms with Crippen LogP contribution in [0.25, 0.3) is 0 Å². The number of alkyl halides is 3. The van der Waals surface area contributed by atoms with Gasteiger partial charge in [-0.05, 0) is 17.7 Å². The van der Waals surface area contributed by atoms with Crippen LogP contribution in [0.5, 0.6) is 0 Å². The summed E-state index contributed by atoms with van der Waals surface area (Å²) in [5, 5.41) is 9.36. The van der Waals surface area contributed by atoms with E-state index in [1.54, 1.807) is 0 Å². The molecule has 0 aliphatic rings. The van der Waals surface area contributed by atoms with Gasteiger partial charge < -0.3 is 10.8 Å². The van der Waals surface area contributed by atoms with E-state index >= 15 is 0 Å². The van der Waals surface area contributed by atoms with Crippen LogP contribution in [-0.4, -0.2) is 17.4 Å². The zero-order valence-corrected chi connectivity index (χ0v) is 10.1. The third-order valence-electron chi connectivity index (χ3n) is 2.00. The second-order valence-electron chi connectivity index (χ2n) is 3.18. The maximum Gasteiger partial charge on any atom is 0.416 e. The van der Waals surface area contributed by atoms with E-state index in [1.807, 2.05) is 0 Å². The summed E-state index contributed by atoms with van der Waals surface area (Å²) in [6.45, 7) is 0. The Kier molecular flexibility index (Phi) is 4.23. The van der Waals surface area contributed by atoms with Crippen molar-refractivity contribution in [3.63, 3.8) is 0 Å². The summed E-state index contributed by atoms with van der Waals surface area (Å²) in [5.74, 6) is 0. The lowest BCUT2D eigenvalue weighted by molar-refractivity contribution is -0.210. The molecule has 7 heteroatoms. The summed E-state index contributed by atoms with van der Waals surface area (Å²) in [6.07, 6.45) is -7.36. The minimum Gasteiger partial charge on any atom is -0.382 e. The number of aliphatic hydroxyl groups is 1. The number of benzene rings is 1. The Morgan fingerprint density at radius 3 is 2.38 bits per heavy atom. The number of rotatable bonds is 2. The fraction of sp³-hybridized carbons (Fsp3) is 0.333. The summed E-state index contributed by atoms with van der Waals surface area (Å²) in [6, 6.07) is 2.61. The third kappa shape index (κ3) is 3.10. The molecule has 1 rings (SSSR count). The molecule has 0 saturated carbocycles. The predicted octanol–water partition coefficient (Wildman–Crippen LogP) is 3.03. The Balaban J connectivity index is 3.01. The fourth-order valence-electron chi connectivity index (χ4n) is 1.15. The average molecular weight is 319 g/mol. The van der Waals surface area contributed by atoms with E-state index in [1.165, 1.54) is 18.2 Å². The molecule has 2 nitrogen and oxygen atoms in total. The molecule has 0 aliphatic heterocycles. The van der Waals surface area contributed by atoms with Crippen molar-refractivity contribution in [2.75, 3.05) is 0 Å². The van der Waals surface area contributed by atoms with Crippen molar-refractivity contribution in [3.8, 4) is 0 Å². The predicted molar refractivity (Wildman–Crippen MR) is 58.1 cm³/mol. The maximum atomic E-state index is 12.2. The van der Waals surface area contributed by atoms with E-state index in [9.17, 15) is 13.2 Å². The normalized spacial score (nSPS) is 15.9. The summed E-state index contributed by atoms with van der Waals surface area (Å²) in [7, 11) is 0. The molecule has 0 radical (unpaired) electrons. The zero-order chi connectivity index (χ0) is 12.5. The molecule has 16 heavy (non-hydrogen) atoms. The Labute approximate surface area is 103 Å². The van der Waals surface area contributed by atoms with E-state index in [0.29, 0.717) is 9.50 Å². The molecule has 3 N–H and O–H groups in total. The standard InChI is InChI=1S/C9H8BrClF3NO/c10-6-3-4(11)1-2-5(6)7(15)8(16)9(12,13)14/h1-3,7-8,16H,15H2/t7-,8-/m0/s1. The molecule has 1 aromatic rings. The second kappa shape index (κ2) is 4.91. The van der Waals surface area contributed by atoms with Gasteiger partial charge in [-0.25, -0.2) is 0 Å². The monoisotopic (exact) mass is 317 g/mol. The first-order valence-electron chi connectivity index (χ1n) is 4.19. The van der Waals surface area contributed by atoms with Crippen molar-refractivity contribution in [2.45, 2.75) is 18.3 Å². The van der Waals surface area contributed by atoms with Gasteiger partial charge in [-0.15, -0.1) is 0 Å². The molecular formula is C9H8BrClF3NO. The molecule has 0 amide bonds. The van der Waals surface area contributed by atoms with Crippen LogP contribution in [0.1, 0.15) is 11.6 Å². The van der Waals surface area contributed by atoms with E-state index < -0.39 is 18.3 Å². The SMILES string of the molecule is N[C@@H](c1ccc(Cl)cc1Br)[C@H](O)C(F)(F)F. The van der Waals surface area contributed by atoms with Gasteiger partial charge in [0.1, 0.15) is 0 Å². The first-order chi connectivity index (χ1) is 7.23. The molecule has 0 unspecified atom stereocenters. The third-order valence-corrected chi connectivity index (χ3v) is 2.92. The highest BCUT2D eigenvalue weighted by atomic mass is 79.9. The van der Waals surface area contributed by atoms with Crippen molar-refractivity contribution in [1.29, 1.82) is 0 Å². The lowest BCUT2D eigenvalue weighted by Crippen LogP contribution is -2.39. The van der Waals surface area contributed by atoms with Crippen molar-refractivity contribution in [2.24, 2.45) is 5.73 Å². The quantitative estimate of drug-likeness (QED) is 0.880. The number of hydrogen-bond acceptors (Lipinski definition) is 2. The van der Waals surface area contributed by atoms with Gasteiger partial charge in [0, 0.05) is 9.50 Å². The van der Waals surface area contributed by atoms with Crippen molar-refractivity contribution >= 4 is 27.5 Å². The van der Waals surface area contributed by atoms with Crippen molar-refractivity contribution in [3.05, 3.63) is 33.3 Å². The Morgan fingerprint density at radius 2 is 1.94 bits per heavy atom. The summed E-state index contributed by atoms with van der Waals surface area (Å²) in [4.78, 5) is 0. The summed E-state index contributed by atoms with van der Waals surface area (Å²) >= 11 is 8.68. The Hall–Kier alpha value is -0.300. The van der Waals surface area contributed by atoms with Crippen LogP contribution in [0.4, 0.5) is 13.2 Å². The highest BCUT2D eigenvalue weighted by Gasteiger charge is 2.43. The molecule has 0 aliphatic carbocycles. The summed E-state index contributed by atoms with van der Waals surface area (Å²) in [5.41, 5.74) is 5.48. The van der Waals surface area contributed by atoms with Gasteiger partial charge in [-0.1, -0.05) is 33.6 Å². The molecule has 0 fully saturated rings. The highest BCUT2D eigenvalue weighted by molar-refractivity contribution is 9.10. The van der Waals surface area contributed by atoms with Gasteiger partial charge in [0.2, 0.25) is 0 Å². The highest BCUT2D eigenvalue weighted by Crippen LogP contribution is 2.33. The van der Waals surface area contributed by atoms with Gasteiger partial charge in [0.05, 0.1) is 6.04 Å². The average Bonchev–Trinajstić information content (AvgIpc) is 2.14. The largest absolute Gasteiger partial charge is 0.416 e. The lowest BCUT2D eigenvalue weighted by atomic mass is 10.0. The molecule has 2 atom stereocenters. The number of halogens is 5. The second-order valence-corrected chi connectivity index (χ2v) is 4.47. The van der Waals surface area contributed by atoms with Crippen LogP contribution < -0.4 is 5.73 Å². The summed E-state index contributed by atoms with van der Waals surface area (Å²) < 4.78 is 37.0. The van der Waals surface area contributed by atoms with Gasteiger partial charge >= 0.3 is 6.18 Å². The molecule has 0 spiro atoms. The van der Waals surface area contributed by atoms with E-state index in [0.717, 1.165) is 0 Å². The van der Waals surface area contributed by atoms with E-state index in [4.69, 9.17) is 22.4 Å². The molecule has 0 heterocycles. The minimum atomic E-state index is -4.75. The molecular weight excluding hydrogens is 310 g/mol. The molecule has 0 saturated heterocycles. The molecule has 90 valence electrons. The van der Waals surface area contributed by atoms with Crippen LogP contribution >= 0.6 is 27.5 Å². The zero-order valence-electron chi connectivity index (χ0n) is 7.80. The van der Waals surface area contributed by atoms with Crippen LogP contribution in [0, 0.1) is 0 Å². The van der Waals surface area contributed by atoms with Gasteiger partial charge in [0.25, 0.3) is 0 Å². The first kappa shape index (κ1) is 13.8. The number of aliphatic hydroxyl groups excluding tert-OH is 1. The van der Waals surface area contributed by atoms with Gasteiger partial charge in [-0.3, -0.25) is 0 Å².